The molecule has 1 fully saturated rings. The molecule has 64 valence electrons. The normalized spacial score (nSPS) is 28.9. The highest BCUT2D eigenvalue weighted by molar-refractivity contribution is 14.0. The van der Waals surface area contributed by atoms with Crippen molar-refractivity contribution in [3.63, 3.8) is 0 Å². The van der Waals surface area contributed by atoms with E-state index in [2.05, 4.69) is 18.9 Å². The Labute approximate surface area is 85.9 Å². The Morgan fingerprint density at radius 2 is 1.91 bits per heavy atom. The molecule has 1 atom stereocenters. The van der Waals surface area contributed by atoms with E-state index in [1.165, 1.54) is 25.7 Å². The van der Waals surface area contributed by atoms with Crippen LogP contribution in [0.15, 0.2) is 11.3 Å². The molecule has 0 spiro atoms. The first-order valence-corrected chi connectivity index (χ1v) is 4.20. The van der Waals surface area contributed by atoms with E-state index in [1.54, 1.807) is 11.3 Å². The van der Waals surface area contributed by atoms with E-state index in [4.69, 9.17) is 0 Å². The zero-order valence-electron chi connectivity index (χ0n) is 7.26. The predicted molar refractivity (Wildman–Crippen MR) is 58.1 cm³/mol. The summed E-state index contributed by atoms with van der Waals surface area (Å²) >= 11 is 0. The molecule has 1 saturated heterocycles. The molecule has 2 heteroatoms. The summed E-state index contributed by atoms with van der Waals surface area (Å²) in [5.41, 5.74) is 3.27. The lowest BCUT2D eigenvalue weighted by Crippen LogP contribution is -2.27. The van der Waals surface area contributed by atoms with Crippen molar-refractivity contribution in [1.29, 1.82) is 0 Å². The molecule has 0 N–H and O–H groups in total. The highest BCUT2D eigenvalue weighted by Crippen LogP contribution is 2.36. The maximum atomic E-state index is 2.48. The number of allylic oxidation sites excluding steroid dienone is 2. The fourth-order valence-corrected chi connectivity index (χ4v) is 2.27. The van der Waals surface area contributed by atoms with Crippen molar-refractivity contribution in [3.05, 3.63) is 11.3 Å². The van der Waals surface area contributed by atoms with E-state index < -0.39 is 0 Å². The van der Waals surface area contributed by atoms with Crippen molar-refractivity contribution in [3.8, 4) is 0 Å². The molecule has 0 amide bonds. The second-order valence-corrected chi connectivity index (χ2v) is 3.57. The molecule has 2 aliphatic heterocycles. The van der Waals surface area contributed by atoms with Gasteiger partial charge in [0.15, 0.2) is 0 Å². The van der Waals surface area contributed by atoms with Crippen molar-refractivity contribution >= 4 is 24.0 Å². The van der Waals surface area contributed by atoms with Gasteiger partial charge in [0.05, 0.1) is 0 Å². The summed E-state index contributed by atoms with van der Waals surface area (Å²) in [5, 5.41) is 0. The smallest absolute Gasteiger partial charge is 0.0290 e. The highest BCUT2D eigenvalue weighted by Gasteiger charge is 2.29. The molecule has 0 aromatic carbocycles. The van der Waals surface area contributed by atoms with E-state index in [1.807, 2.05) is 0 Å². The molecule has 0 saturated carbocycles. The van der Waals surface area contributed by atoms with Gasteiger partial charge in [-0.15, -0.1) is 24.0 Å². The standard InChI is InChI=1S/C9H15N.HI/c1-7-3-4-8-5-6-9(7)10(8)2;/h8H,3-6H2,1-2H3;1H/t8-;/m1./s1. The van der Waals surface area contributed by atoms with Gasteiger partial charge in [-0.2, -0.15) is 0 Å². The van der Waals surface area contributed by atoms with Gasteiger partial charge in [-0.3, -0.25) is 0 Å². The van der Waals surface area contributed by atoms with Crippen LogP contribution in [0.4, 0.5) is 0 Å². The Balaban J connectivity index is 0.000000605. The zero-order valence-corrected chi connectivity index (χ0v) is 9.59. The van der Waals surface area contributed by atoms with Gasteiger partial charge in [-0.1, -0.05) is 5.57 Å². The van der Waals surface area contributed by atoms with Gasteiger partial charge in [0.2, 0.25) is 0 Å². The summed E-state index contributed by atoms with van der Waals surface area (Å²) in [5.74, 6) is 0. The maximum Gasteiger partial charge on any atom is 0.0290 e. The van der Waals surface area contributed by atoms with Crippen LogP contribution in [-0.2, 0) is 0 Å². The summed E-state index contributed by atoms with van der Waals surface area (Å²) < 4.78 is 0. The van der Waals surface area contributed by atoms with E-state index in [9.17, 15) is 0 Å². The highest BCUT2D eigenvalue weighted by atomic mass is 127. The monoisotopic (exact) mass is 265 g/mol. The van der Waals surface area contributed by atoms with Crippen molar-refractivity contribution in [2.75, 3.05) is 7.05 Å². The number of fused-ring (bicyclic) bond motifs is 2. The lowest BCUT2D eigenvalue weighted by molar-refractivity contribution is 0.312. The number of rotatable bonds is 0. The fourth-order valence-electron chi connectivity index (χ4n) is 2.27. The molecule has 1 nitrogen and oxygen atoms in total. The lowest BCUT2D eigenvalue weighted by atomic mass is 10.0. The second kappa shape index (κ2) is 3.33. The van der Waals surface area contributed by atoms with Crippen LogP contribution in [0.3, 0.4) is 0 Å². The molecular weight excluding hydrogens is 249 g/mol. The van der Waals surface area contributed by atoms with Crippen molar-refractivity contribution in [1.82, 2.24) is 4.90 Å². The Bertz CT molecular complexity index is 186. The summed E-state index contributed by atoms with van der Waals surface area (Å²) in [7, 11) is 2.25. The Hall–Kier alpha value is 0.270. The maximum absolute atomic E-state index is 2.48. The van der Waals surface area contributed by atoms with E-state index in [-0.39, 0.29) is 24.0 Å². The minimum atomic E-state index is 0. The van der Waals surface area contributed by atoms with Crippen LogP contribution in [0.1, 0.15) is 32.6 Å². The summed E-state index contributed by atoms with van der Waals surface area (Å²) in [6.45, 7) is 2.29. The van der Waals surface area contributed by atoms with E-state index in [0.717, 1.165) is 6.04 Å². The van der Waals surface area contributed by atoms with E-state index in [0.29, 0.717) is 0 Å². The zero-order chi connectivity index (χ0) is 7.14. The number of halogens is 1. The summed E-state index contributed by atoms with van der Waals surface area (Å²) in [6, 6.07) is 0.888. The van der Waals surface area contributed by atoms with Gasteiger partial charge in [-0.05, 0) is 32.6 Å². The predicted octanol–water partition coefficient (Wildman–Crippen LogP) is 2.77. The van der Waals surface area contributed by atoms with Gasteiger partial charge >= 0.3 is 0 Å². The van der Waals surface area contributed by atoms with Crippen LogP contribution in [0.25, 0.3) is 0 Å². The molecule has 2 bridgehead atoms. The van der Waals surface area contributed by atoms with Crippen LogP contribution >= 0.6 is 24.0 Å². The molecule has 0 radical (unpaired) electrons. The Morgan fingerprint density at radius 3 is 2.55 bits per heavy atom. The first-order chi connectivity index (χ1) is 4.79. The van der Waals surface area contributed by atoms with Crippen molar-refractivity contribution < 1.29 is 0 Å². The summed E-state index contributed by atoms with van der Waals surface area (Å²) in [4.78, 5) is 2.48. The molecule has 2 aliphatic rings. The van der Waals surface area contributed by atoms with Crippen LogP contribution < -0.4 is 0 Å². The molecular formula is C9H16IN. The molecule has 11 heavy (non-hydrogen) atoms. The minimum Gasteiger partial charge on any atom is -0.375 e. The van der Waals surface area contributed by atoms with Gasteiger partial charge in [0, 0.05) is 18.8 Å². The largest absolute Gasteiger partial charge is 0.375 e. The van der Waals surface area contributed by atoms with Gasteiger partial charge < -0.3 is 4.90 Å². The molecule has 0 unspecified atom stereocenters. The Morgan fingerprint density at radius 1 is 1.27 bits per heavy atom. The van der Waals surface area contributed by atoms with Crippen LogP contribution in [0, 0.1) is 0 Å². The Kier molecular flexibility index (Phi) is 2.84. The van der Waals surface area contributed by atoms with Gasteiger partial charge in [-0.25, -0.2) is 0 Å². The number of hydrogen-bond donors (Lipinski definition) is 0. The van der Waals surface area contributed by atoms with Gasteiger partial charge in [0.25, 0.3) is 0 Å². The average molecular weight is 265 g/mol. The van der Waals surface area contributed by atoms with Crippen LogP contribution in [0.5, 0.6) is 0 Å². The topological polar surface area (TPSA) is 3.24 Å². The number of hydrogen-bond acceptors (Lipinski definition) is 1. The third-order valence-corrected chi connectivity index (χ3v) is 3.03. The molecule has 0 aromatic heterocycles. The van der Waals surface area contributed by atoms with Gasteiger partial charge in [0.1, 0.15) is 0 Å². The molecule has 2 heterocycles. The SMILES string of the molecule is CC1=C2CC[C@@H](CC1)N2C.I. The average Bonchev–Trinajstić information content (AvgIpc) is 2.13. The molecule has 2 rings (SSSR count). The quantitative estimate of drug-likeness (QED) is 0.609. The van der Waals surface area contributed by atoms with Crippen molar-refractivity contribution in [2.45, 2.75) is 38.6 Å². The van der Waals surface area contributed by atoms with E-state index >= 15 is 0 Å². The first-order valence-electron chi connectivity index (χ1n) is 4.20. The fraction of sp³-hybridized carbons (Fsp3) is 0.778. The lowest BCUT2D eigenvalue weighted by Gasteiger charge is -2.29. The van der Waals surface area contributed by atoms with Crippen LogP contribution in [-0.4, -0.2) is 18.0 Å². The van der Waals surface area contributed by atoms with Crippen LogP contribution in [0.2, 0.25) is 0 Å². The van der Waals surface area contributed by atoms with Crippen molar-refractivity contribution in [2.24, 2.45) is 0 Å². The number of nitrogens with zero attached hydrogens (tertiary/aromatic N) is 1. The molecule has 0 aliphatic carbocycles. The first kappa shape index (κ1) is 9.36. The third kappa shape index (κ3) is 1.42. The second-order valence-electron chi connectivity index (χ2n) is 3.57. The summed E-state index contributed by atoms with van der Waals surface area (Å²) in [6.07, 6.45) is 5.49. The molecule has 0 aromatic rings. The minimum absolute atomic E-state index is 0. The third-order valence-electron chi connectivity index (χ3n) is 3.03.